The van der Waals surface area contributed by atoms with E-state index in [1.807, 2.05) is 18.2 Å². The van der Waals surface area contributed by atoms with Crippen molar-refractivity contribution in [3.8, 4) is 0 Å². The molecule has 1 fully saturated rings. The van der Waals surface area contributed by atoms with Crippen molar-refractivity contribution < 1.29 is 18.7 Å². The predicted octanol–water partition coefficient (Wildman–Crippen LogP) is 1.27. The Morgan fingerprint density at radius 2 is 2.05 bits per heavy atom. The first kappa shape index (κ1) is 15.4. The van der Waals surface area contributed by atoms with Gasteiger partial charge < -0.3 is 10.0 Å². The van der Waals surface area contributed by atoms with Gasteiger partial charge in [0.15, 0.2) is 0 Å². The Morgan fingerprint density at radius 1 is 1.32 bits per heavy atom. The second kappa shape index (κ2) is 5.93. The first-order chi connectivity index (χ1) is 10.5. The Kier molecular flexibility index (Phi) is 4.14. The number of fused-ring (bicyclic) bond motifs is 1. The number of hydrogen-bond donors (Lipinski definition) is 1. The van der Waals surface area contributed by atoms with E-state index in [9.17, 15) is 18.7 Å². The molecule has 2 aliphatic heterocycles. The van der Waals surface area contributed by atoms with Crippen molar-refractivity contribution in [1.82, 2.24) is 9.80 Å². The van der Waals surface area contributed by atoms with Crippen molar-refractivity contribution >= 4 is 5.91 Å². The molecule has 1 amide bonds. The van der Waals surface area contributed by atoms with Crippen LogP contribution in [-0.2, 0) is 17.8 Å². The molecule has 0 aromatic heterocycles. The zero-order chi connectivity index (χ0) is 15.7. The number of amides is 1. The molecule has 22 heavy (non-hydrogen) atoms. The van der Waals surface area contributed by atoms with E-state index in [4.69, 9.17) is 0 Å². The summed E-state index contributed by atoms with van der Waals surface area (Å²) in [5, 5.41) is 9.22. The molecule has 0 radical (unpaired) electrons. The van der Waals surface area contributed by atoms with E-state index in [0.717, 1.165) is 12.0 Å². The fraction of sp³-hybridized carbons (Fsp3) is 0.562. The molecule has 1 unspecified atom stereocenters. The number of aliphatic hydroxyl groups excluding tert-OH is 1. The zero-order valence-corrected chi connectivity index (χ0v) is 12.3. The molecular formula is C16H20F2N2O2. The first-order valence-electron chi connectivity index (χ1n) is 7.56. The Bertz CT molecular complexity index is 565. The minimum absolute atomic E-state index is 0.0526. The minimum atomic E-state index is -2.82. The largest absolute Gasteiger partial charge is 0.395 e. The fourth-order valence-corrected chi connectivity index (χ4v) is 3.31. The van der Waals surface area contributed by atoms with Gasteiger partial charge in [-0.25, -0.2) is 8.78 Å². The number of benzene rings is 1. The van der Waals surface area contributed by atoms with Gasteiger partial charge in [0.1, 0.15) is 0 Å². The van der Waals surface area contributed by atoms with Gasteiger partial charge in [-0.1, -0.05) is 24.3 Å². The van der Waals surface area contributed by atoms with Gasteiger partial charge in [0.05, 0.1) is 19.7 Å². The number of alkyl halides is 2. The van der Waals surface area contributed by atoms with Crippen LogP contribution in [0.2, 0.25) is 0 Å². The molecule has 6 heteroatoms. The second-order valence-corrected chi connectivity index (χ2v) is 6.14. The molecule has 1 aromatic carbocycles. The highest BCUT2D eigenvalue weighted by Crippen LogP contribution is 2.31. The van der Waals surface area contributed by atoms with Gasteiger partial charge in [-0.15, -0.1) is 0 Å². The first-order valence-corrected chi connectivity index (χ1v) is 7.56. The van der Waals surface area contributed by atoms with Gasteiger partial charge in [-0.2, -0.15) is 0 Å². The molecule has 0 saturated carbocycles. The molecule has 4 nitrogen and oxygen atoms in total. The maximum absolute atomic E-state index is 13.4. The van der Waals surface area contributed by atoms with Gasteiger partial charge in [-0.05, 0) is 17.5 Å². The van der Waals surface area contributed by atoms with Crippen LogP contribution < -0.4 is 0 Å². The number of carbonyl (C=O) groups is 1. The summed E-state index contributed by atoms with van der Waals surface area (Å²) in [4.78, 5) is 15.5. The Balaban J connectivity index is 1.63. The molecule has 1 aromatic rings. The Labute approximate surface area is 128 Å². The summed E-state index contributed by atoms with van der Waals surface area (Å²) in [7, 11) is 0. The lowest BCUT2D eigenvalue weighted by Crippen LogP contribution is -2.45. The second-order valence-electron chi connectivity index (χ2n) is 6.14. The number of rotatable bonds is 3. The molecule has 2 aliphatic rings. The van der Waals surface area contributed by atoms with Crippen LogP contribution in [-0.4, -0.2) is 59.0 Å². The number of hydrogen-bond acceptors (Lipinski definition) is 3. The maximum Gasteiger partial charge on any atom is 0.262 e. The third-order valence-electron chi connectivity index (χ3n) is 4.52. The van der Waals surface area contributed by atoms with Crippen molar-refractivity contribution in [3.05, 3.63) is 35.4 Å². The average Bonchev–Trinajstić information content (AvgIpc) is 2.80. The topological polar surface area (TPSA) is 43.8 Å². The van der Waals surface area contributed by atoms with Crippen LogP contribution in [0.25, 0.3) is 0 Å². The van der Waals surface area contributed by atoms with Crippen LogP contribution in [0.5, 0.6) is 0 Å². The van der Waals surface area contributed by atoms with Gasteiger partial charge >= 0.3 is 0 Å². The van der Waals surface area contributed by atoms with Crippen LogP contribution >= 0.6 is 0 Å². The summed E-state index contributed by atoms with van der Waals surface area (Å²) in [6.07, 6.45) is 0.418. The molecule has 120 valence electrons. The molecule has 0 aliphatic carbocycles. The number of aliphatic hydroxyl groups is 1. The van der Waals surface area contributed by atoms with Crippen LogP contribution in [0.4, 0.5) is 8.78 Å². The lowest BCUT2D eigenvalue weighted by atomic mass is 10.00. The number of halogens is 2. The van der Waals surface area contributed by atoms with Gasteiger partial charge in [0.25, 0.3) is 5.92 Å². The van der Waals surface area contributed by atoms with Crippen LogP contribution in [0.3, 0.4) is 0 Å². The van der Waals surface area contributed by atoms with Crippen molar-refractivity contribution in [3.63, 3.8) is 0 Å². The summed E-state index contributed by atoms with van der Waals surface area (Å²) in [6, 6.07) is 7.34. The Hall–Kier alpha value is -1.53. The normalized spacial score (nSPS) is 24.3. The van der Waals surface area contributed by atoms with Gasteiger partial charge in [0.2, 0.25) is 5.91 Å². The molecular weight excluding hydrogens is 290 g/mol. The molecule has 1 N–H and O–H groups in total. The fourth-order valence-electron chi connectivity index (χ4n) is 3.31. The van der Waals surface area contributed by atoms with E-state index in [-0.39, 0.29) is 25.5 Å². The van der Waals surface area contributed by atoms with E-state index in [2.05, 4.69) is 6.07 Å². The highest BCUT2D eigenvalue weighted by Gasteiger charge is 2.45. The van der Waals surface area contributed by atoms with E-state index in [1.165, 1.54) is 10.5 Å². The summed E-state index contributed by atoms with van der Waals surface area (Å²) in [6.45, 7) is 0.302. The molecule has 0 spiro atoms. The van der Waals surface area contributed by atoms with Crippen molar-refractivity contribution in [1.29, 1.82) is 0 Å². The van der Waals surface area contributed by atoms with Crippen molar-refractivity contribution in [2.75, 3.05) is 26.2 Å². The van der Waals surface area contributed by atoms with Crippen molar-refractivity contribution in [2.24, 2.45) is 0 Å². The predicted molar refractivity (Wildman–Crippen MR) is 77.6 cm³/mol. The van der Waals surface area contributed by atoms with Crippen LogP contribution in [0.15, 0.2) is 24.3 Å². The maximum atomic E-state index is 13.4. The lowest BCUT2D eigenvalue weighted by Gasteiger charge is -2.31. The highest BCUT2D eigenvalue weighted by atomic mass is 19.3. The molecule has 1 saturated heterocycles. The van der Waals surface area contributed by atoms with Crippen LogP contribution in [0, 0.1) is 0 Å². The minimum Gasteiger partial charge on any atom is -0.395 e. The molecule has 2 heterocycles. The summed E-state index contributed by atoms with van der Waals surface area (Å²) in [5.41, 5.74) is 2.36. The van der Waals surface area contributed by atoms with Crippen molar-refractivity contribution in [2.45, 2.75) is 31.4 Å². The standard InChI is InChI=1S/C16H20F2N2O2/c17-16(18)7-14(10-21)20(11-16)9-15(22)19-6-5-12-3-1-2-4-13(12)8-19/h1-4,14,21H,5-11H2. The number of carbonyl (C=O) groups excluding carboxylic acids is 1. The SMILES string of the molecule is O=C(CN1CC(F)(F)CC1CO)N1CCc2ccccc2C1. The van der Waals surface area contributed by atoms with E-state index >= 15 is 0 Å². The zero-order valence-electron chi connectivity index (χ0n) is 12.3. The summed E-state index contributed by atoms with van der Waals surface area (Å²) in [5.74, 6) is -2.96. The van der Waals surface area contributed by atoms with Crippen LogP contribution in [0.1, 0.15) is 17.5 Å². The monoisotopic (exact) mass is 310 g/mol. The summed E-state index contributed by atoms with van der Waals surface area (Å²) >= 11 is 0. The summed E-state index contributed by atoms with van der Waals surface area (Å²) < 4.78 is 26.9. The third-order valence-corrected chi connectivity index (χ3v) is 4.52. The van der Waals surface area contributed by atoms with Gasteiger partial charge in [-0.3, -0.25) is 9.69 Å². The average molecular weight is 310 g/mol. The smallest absolute Gasteiger partial charge is 0.262 e. The molecule has 0 bridgehead atoms. The Morgan fingerprint density at radius 3 is 2.77 bits per heavy atom. The highest BCUT2D eigenvalue weighted by molar-refractivity contribution is 5.78. The molecule has 1 atom stereocenters. The van der Waals surface area contributed by atoms with E-state index in [0.29, 0.717) is 13.1 Å². The third kappa shape index (κ3) is 3.13. The number of nitrogens with zero attached hydrogens (tertiary/aromatic N) is 2. The molecule has 3 rings (SSSR count). The number of likely N-dealkylation sites (tertiary alicyclic amines) is 1. The van der Waals surface area contributed by atoms with Gasteiger partial charge in [0, 0.05) is 25.6 Å². The van der Waals surface area contributed by atoms with E-state index < -0.39 is 18.5 Å². The quantitative estimate of drug-likeness (QED) is 0.914. The van der Waals surface area contributed by atoms with E-state index in [1.54, 1.807) is 4.90 Å². The lowest BCUT2D eigenvalue weighted by molar-refractivity contribution is -0.133.